The summed E-state index contributed by atoms with van der Waals surface area (Å²) >= 11 is 11.4. The van der Waals surface area contributed by atoms with E-state index in [1.54, 1.807) is 12.1 Å². The Kier molecular flexibility index (Phi) is 11.4. The molecule has 1 rings (SSSR count). The monoisotopic (exact) mass is 289 g/mol. The normalized spacial score (nSPS) is 9.61. The molecule has 0 aromatic heterocycles. The molecule has 0 bridgehead atoms. The molecule has 0 aliphatic carbocycles. The van der Waals surface area contributed by atoms with Crippen molar-refractivity contribution < 1.29 is 0 Å². The van der Waals surface area contributed by atoms with E-state index in [4.69, 9.17) is 23.2 Å². The summed E-state index contributed by atoms with van der Waals surface area (Å²) < 4.78 is 0. The molecule has 0 saturated carbocycles. The smallest absolute Gasteiger partial charge is 0.0612 e. The molecule has 3 heteroatoms. The average Bonchev–Trinajstić information content (AvgIpc) is 2.39. The van der Waals surface area contributed by atoms with E-state index in [-0.39, 0.29) is 0 Å². The van der Waals surface area contributed by atoms with Gasteiger partial charge >= 0.3 is 0 Å². The van der Waals surface area contributed by atoms with Gasteiger partial charge in [0.1, 0.15) is 0 Å². The summed E-state index contributed by atoms with van der Waals surface area (Å²) in [5, 5.41) is 4.11. The van der Waals surface area contributed by atoms with Crippen molar-refractivity contribution in [3.8, 4) is 0 Å². The zero-order valence-electron chi connectivity index (χ0n) is 11.7. The summed E-state index contributed by atoms with van der Waals surface area (Å²) in [5.74, 6) is 0. The van der Waals surface area contributed by atoms with Gasteiger partial charge in [0.25, 0.3) is 0 Å². The van der Waals surface area contributed by atoms with Crippen molar-refractivity contribution in [2.45, 2.75) is 52.4 Å². The summed E-state index contributed by atoms with van der Waals surface area (Å²) in [6, 6.07) is 5.41. The van der Waals surface area contributed by atoms with Crippen LogP contribution in [0.4, 0.5) is 5.69 Å². The molecule has 0 spiro atoms. The molecule has 1 aromatic rings. The topological polar surface area (TPSA) is 12.0 Å². The Bertz CT molecular complexity index is 307. The molecule has 0 aliphatic rings. The molecule has 0 heterocycles. The maximum atomic E-state index is 5.72. The third-order valence-electron chi connectivity index (χ3n) is 2.67. The van der Waals surface area contributed by atoms with E-state index in [9.17, 15) is 0 Å². The van der Waals surface area contributed by atoms with Gasteiger partial charge in [0, 0.05) is 12.7 Å². The number of hydrogen-bond acceptors (Lipinski definition) is 1. The van der Waals surface area contributed by atoms with Crippen molar-refractivity contribution in [1.82, 2.24) is 0 Å². The van der Waals surface area contributed by atoms with Crippen molar-refractivity contribution in [2.75, 3.05) is 12.4 Å². The van der Waals surface area contributed by atoms with Crippen LogP contribution in [0.5, 0.6) is 0 Å². The predicted octanol–water partition coefficient (Wildman–Crippen LogP) is 6.40. The Morgan fingerprint density at radius 2 is 1.44 bits per heavy atom. The van der Waals surface area contributed by atoms with E-state index in [2.05, 4.69) is 19.2 Å². The zero-order chi connectivity index (χ0) is 13.8. The van der Waals surface area contributed by atoms with Crippen LogP contribution in [0.25, 0.3) is 0 Å². The van der Waals surface area contributed by atoms with E-state index in [0.29, 0.717) is 10.0 Å². The number of benzene rings is 1. The van der Waals surface area contributed by atoms with Crippen LogP contribution in [0.3, 0.4) is 0 Å². The molecule has 18 heavy (non-hydrogen) atoms. The molecule has 0 aliphatic heterocycles. The number of hydrogen-bond donors (Lipinski definition) is 1. The van der Waals surface area contributed by atoms with Gasteiger partial charge in [-0.3, -0.25) is 0 Å². The maximum Gasteiger partial charge on any atom is 0.0612 e. The third kappa shape index (κ3) is 8.66. The fourth-order valence-electron chi connectivity index (χ4n) is 1.51. The number of unbranched alkanes of at least 4 members (excludes halogenated alkanes) is 5. The lowest BCUT2D eigenvalue weighted by Gasteiger charge is -2.00. The lowest BCUT2D eigenvalue weighted by molar-refractivity contribution is 0.624. The molecular formula is C15H25Cl2N. The molecule has 0 fully saturated rings. The van der Waals surface area contributed by atoms with Gasteiger partial charge in [-0.1, -0.05) is 75.6 Å². The maximum absolute atomic E-state index is 5.72. The molecule has 1 N–H and O–H groups in total. The van der Waals surface area contributed by atoms with Crippen molar-refractivity contribution in [3.05, 3.63) is 28.2 Å². The van der Waals surface area contributed by atoms with Crippen LogP contribution in [0.15, 0.2) is 18.2 Å². The number of nitrogens with one attached hydrogen (secondary N) is 1. The second-order valence-corrected chi connectivity index (χ2v) is 5.11. The van der Waals surface area contributed by atoms with Gasteiger partial charge < -0.3 is 5.32 Å². The van der Waals surface area contributed by atoms with Gasteiger partial charge in [0.05, 0.1) is 10.0 Å². The highest BCUT2D eigenvalue weighted by molar-refractivity contribution is 6.42. The molecule has 0 radical (unpaired) electrons. The van der Waals surface area contributed by atoms with Crippen molar-refractivity contribution in [3.63, 3.8) is 0 Å². The summed E-state index contributed by atoms with van der Waals surface area (Å²) in [6.45, 7) is 4.51. The number of rotatable bonds is 6. The van der Waals surface area contributed by atoms with Crippen LogP contribution in [-0.2, 0) is 0 Å². The van der Waals surface area contributed by atoms with Gasteiger partial charge in [-0.15, -0.1) is 0 Å². The van der Waals surface area contributed by atoms with E-state index in [0.717, 1.165) is 5.69 Å². The third-order valence-corrected chi connectivity index (χ3v) is 3.40. The Morgan fingerprint density at radius 3 is 1.83 bits per heavy atom. The van der Waals surface area contributed by atoms with E-state index in [1.165, 1.54) is 38.5 Å². The Hall–Kier alpha value is -0.400. The van der Waals surface area contributed by atoms with Crippen LogP contribution in [0.1, 0.15) is 52.4 Å². The van der Waals surface area contributed by atoms with Crippen molar-refractivity contribution in [1.29, 1.82) is 0 Å². The molecule has 1 nitrogen and oxygen atoms in total. The molecule has 0 atom stereocenters. The Labute approximate surface area is 122 Å². The minimum atomic E-state index is 0.577. The lowest BCUT2D eigenvalue weighted by atomic mass is 10.1. The summed E-state index contributed by atoms with van der Waals surface area (Å²) in [7, 11) is 1.83. The van der Waals surface area contributed by atoms with Crippen LogP contribution in [-0.4, -0.2) is 7.05 Å². The standard InChI is InChI=1S/C8H18.C7H7Cl2N/c1-3-5-7-8-6-4-2;1-10-5-2-3-6(8)7(9)4-5/h3-8H2,1-2H3;2-4,10H,1H3. The van der Waals surface area contributed by atoms with Crippen LogP contribution < -0.4 is 5.32 Å². The quantitative estimate of drug-likeness (QED) is 0.597. The van der Waals surface area contributed by atoms with Crippen LogP contribution >= 0.6 is 23.2 Å². The number of halogens is 2. The highest BCUT2D eigenvalue weighted by Crippen LogP contribution is 2.24. The first kappa shape index (κ1) is 17.6. The molecule has 104 valence electrons. The molecular weight excluding hydrogens is 265 g/mol. The van der Waals surface area contributed by atoms with E-state index >= 15 is 0 Å². The minimum Gasteiger partial charge on any atom is -0.388 e. The zero-order valence-corrected chi connectivity index (χ0v) is 13.2. The largest absolute Gasteiger partial charge is 0.388 e. The molecule has 0 unspecified atom stereocenters. The molecule has 1 aromatic carbocycles. The van der Waals surface area contributed by atoms with Gasteiger partial charge in [-0.2, -0.15) is 0 Å². The fraction of sp³-hybridized carbons (Fsp3) is 0.600. The second kappa shape index (κ2) is 11.7. The Morgan fingerprint density at radius 1 is 0.889 bits per heavy atom. The van der Waals surface area contributed by atoms with Gasteiger partial charge in [0.2, 0.25) is 0 Å². The molecule has 0 saturated heterocycles. The van der Waals surface area contributed by atoms with Crippen molar-refractivity contribution >= 4 is 28.9 Å². The summed E-state index contributed by atoms with van der Waals surface area (Å²) in [6.07, 6.45) is 8.49. The second-order valence-electron chi connectivity index (χ2n) is 4.29. The average molecular weight is 290 g/mol. The van der Waals surface area contributed by atoms with Crippen LogP contribution in [0, 0.1) is 0 Å². The summed E-state index contributed by atoms with van der Waals surface area (Å²) in [4.78, 5) is 0. The lowest BCUT2D eigenvalue weighted by Crippen LogP contribution is -1.86. The van der Waals surface area contributed by atoms with E-state index in [1.807, 2.05) is 13.1 Å². The Balaban J connectivity index is 0.000000331. The van der Waals surface area contributed by atoms with Gasteiger partial charge in [0.15, 0.2) is 0 Å². The highest BCUT2D eigenvalue weighted by Gasteiger charge is 1.95. The minimum absolute atomic E-state index is 0.577. The first-order chi connectivity index (χ1) is 8.65. The van der Waals surface area contributed by atoms with Gasteiger partial charge in [-0.05, 0) is 18.2 Å². The predicted molar refractivity (Wildman–Crippen MR) is 85.1 cm³/mol. The highest BCUT2D eigenvalue weighted by atomic mass is 35.5. The number of anilines is 1. The SMILES string of the molecule is CCCCCCCC.CNc1ccc(Cl)c(Cl)c1. The van der Waals surface area contributed by atoms with Crippen LogP contribution in [0.2, 0.25) is 10.0 Å². The van der Waals surface area contributed by atoms with Gasteiger partial charge in [-0.25, -0.2) is 0 Å². The van der Waals surface area contributed by atoms with Crippen molar-refractivity contribution in [2.24, 2.45) is 0 Å². The fourth-order valence-corrected chi connectivity index (χ4v) is 1.80. The van der Waals surface area contributed by atoms with E-state index < -0.39 is 0 Å². The molecule has 0 amide bonds. The first-order valence-electron chi connectivity index (χ1n) is 6.78. The first-order valence-corrected chi connectivity index (χ1v) is 7.54. The summed E-state index contributed by atoms with van der Waals surface area (Å²) in [5.41, 5.74) is 0.967.